The van der Waals surface area contributed by atoms with E-state index in [0.29, 0.717) is 5.69 Å². The summed E-state index contributed by atoms with van der Waals surface area (Å²) in [6.07, 6.45) is 1.47. The molecule has 2 aromatic rings. The molecule has 1 aliphatic heterocycles. The van der Waals surface area contributed by atoms with Gasteiger partial charge in [0, 0.05) is 5.69 Å². The molecule has 0 fully saturated rings. The number of hydrogen-bond acceptors (Lipinski definition) is 5. The summed E-state index contributed by atoms with van der Waals surface area (Å²) in [7, 11) is 0. The Morgan fingerprint density at radius 2 is 1.75 bits per heavy atom. The first-order valence-corrected chi connectivity index (χ1v) is 8.77. The molecule has 1 aliphatic rings. The van der Waals surface area contributed by atoms with Crippen LogP contribution in [0.15, 0.2) is 66.4 Å². The first-order chi connectivity index (χ1) is 13.4. The normalized spacial score (nSPS) is 18.6. The number of nitrogens with zero attached hydrogens (tertiary/aromatic N) is 1. The third-order valence-corrected chi connectivity index (χ3v) is 4.45. The molecular weight excluding hydrogens is 360 g/mol. The number of ether oxygens (including phenoxy) is 1. The van der Waals surface area contributed by atoms with Crippen molar-refractivity contribution in [3.8, 4) is 0 Å². The molecule has 3 rings (SSSR count). The van der Waals surface area contributed by atoms with Gasteiger partial charge in [-0.1, -0.05) is 30.3 Å². The quantitative estimate of drug-likeness (QED) is 0.748. The Labute approximate surface area is 162 Å². The van der Waals surface area contributed by atoms with E-state index in [2.05, 4.69) is 5.32 Å². The zero-order chi connectivity index (χ0) is 20.3. The van der Waals surface area contributed by atoms with Crippen molar-refractivity contribution in [1.82, 2.24) is 0 Å². The van der Waals surface area contributed by atoms with Crippen molar-refractivity contribution in [3.05, 3.63) is 71.9 Å². The zero-order valence-corrected chi connectivity index (χ0v) is 15.5. The molecule has 0 spiro atoms. The number of carboxylic acids is 1. The predicted molar refractivity (Wildman–Crippen MR) is 104 cm³/mol. The fourth-order valence-corrected chi connectivity index (χ4v) is 3.14. The summed E-state index contributed by atoms with van der Waals surface area (Å²) < 4.78 is 5.19. The predicted octanol–water partition coefficient (Wildman–Crippen LogP) is 3.05. The molecule has 144 valence electrons. The molecule has 1 amide bonds. The monoisotopic (exact) mass is 380 g/mol. The van der Waals surface area contributed by atoms with E-state index in [1.54, 1.807) is 62.4 Å². The van der Waals surface area contributed by atoms with Crippen molar-refractivity contribution in [3.63, 3.8) is 0 Å². The number of esters is 1. The summed E-state index contributed by atoms with van der Waals surface area (Å²) >= 11 is 0. The lowest BCUT2D eigenvalue weighted by Crippen LogP contribution is -2.51. The first-order valence-electron chi connectivity index (χ1n) is 8.77. The number of nitrogens with one attached hydrogen (secondary N) is 1. The van der Waals surface area contributed by atoms with E-state index in [-0.39, 0.29) is 23.6 Å². The van der Waals surface area contributed by atoms with Crippen LogP contribution in [0.1, 0.15) is 24.2 Å². The van der Waals surface area contributed by atoms with Crippen LogP contribution in [0.4, 0.5) is 11.4 Å². The molecule has 7 heteroatoms. The molecule has 0 unspecified atom stereocenters. The highest BCUT2D eigenvalue weighted by Crippen LogP contribution is 2.35. The second kappa shape index (κ2) is 7.56. The van der Waals surface area contributed by atoms with Crippen LogP contribution in [0.2, 0.25) is 0 Å². The molecule has 0 aromatic heterocycles. The highest BCUT2D eigenvalue weighted by molar-refractivity contribution is 6.17. The minimum atomic E-state index is -1.37. The summed E-state index contributed by atoms with van der Waals surface area (Å²) in [5.41, 5.74) is -0.451. The van der Waals surface area contributed by atoms with Crippen LogP contribution in [0.5, 0.6) is 0 Å². The van der Waals surface area contributed by atoms with Gasteiger partial charge >= 0.3 is 11.9 Å². The SMILES string of the molecule is CCOC(=O)[C@@]1(C)C=C(Nc2ccccc2C(=O)O)C(=O)N1c1ccccc1. The van der Waals surface area contributed by atoms with E-state index in [1.807, 2.05) is 0 Å². The smallest absolute Gasteiger partial charge is 0.337 e. The van der Waals surface area contributed by atoms with Crippen LogP contribution in [0, 0.1) is 0 Å². The molecule has 0 radical (unpaired) electrons. The summed E-state index contributed by atoms with van der Waals surface area (Å²) in [6.45, 7) is 3.45. The summed E-state index contributed by atoms with van der Waals surface area (Å²) in [5.74, 6) is -2.15. The fourth-order valence-electron chi connectivity index (χ4n) is 3.14. The maximum absolute atomic E-state index is 13.2. The van der Waals surface area contributed by atoms with Crippen molar-refractivity contribution in [2.75, 3.05) is 16.8 Å². The lowest BCUT2D eigenvalue weighted by Gasteiger charge is -2.32. The lowest BCUT2D eigenvalue weighted by atomic mass is 10.0. The average Bonchev–Trinajstić information content (AvgIpc) is 2.94. The average molecular weight is 380 g/mol. The van der Waals surface area contributed by atoms with Gasteiger partial charge in [0.2, 0.25) is 0 Å². The maximum Gasteiger partial charge on any atom is 0.337 e. The van der Waals surface area contributed by atoms with Gasteiger partial charge in [-0.05, 0) is 44.2 Å². The van der Waals surface area contributed by atoms with E-state index in [1.165, 1.54) is 17.0 Å². The minimum absolute atomic E-state index is 0.0206. The Morgan fingerprint density at radius 1 is 1.11 bits per heavy atom. The standard InChI is InChI=1S/C21H20N2O5/c1-3-28-20(27)21(2)13-17(18(24)23(21)14-9-5-4-6-10-14)22-16-12-8-7-11-15(16)19(25)26/h4-13,22H,3H2,1-2H3,(H,25,26)/t21-/m1/s1. The van der Waals surface area contributed by atoms with Crippen LogP contribution in [0.25, 0.3) is 0 Å². The van der Waals surface area contributed by atoms with Gasteiger partial charge in [-0.2, -0.15) is 0 Å². The number of benzene rings is 2. The molecule has 0 bridgehead atoms. The number of hydrogen-bond donors (Lipinski definition) is 2. The molecular formula is C21H20N2O5. The van der Waals surface area contributed by atoms with E-state index in [0.717, 1.165) is 0 Å². The van der Waals surface area contributed by atoms with Gasteiger partial charge in [0.05, 0.1) is 17.9 Å². The number of para-hydroxylation sites is 2. The number of aromatic carboxylic acids is 1. The minimum Gasteiger partial charge on any atom is -0.478 e. The Morgan fingerprint density at radius 3 is 2.39 bits per heavy atom. The highest BCUT2D eigenvalue weighted by Gasteiger charge is 2.49. The number of carbonyl (C=O) groups excluding carboxylic acids is 2. The molecule has 28 heavy (non-hydrogen) atoms. The summed E-state index contributed by atoms with van der Waals surface area (Å²) in [4.78, 5) is 38.6. The van der Waals surface area contributed by atoms with Crippen LogP contribution in [0.3, 0.4) is 0 Å². The number of rotatable bonds is 6. The van der Waals surface area contributed by atoms with E-state index < -0.39 is 23.4 Å². The van der Waals surface area contributed by atoms with Gasteiger partial charge in [-0.25, -0.2) is 9.59 Å². The third-order valence-electron chi connectivity index (χ3n) is 4.45. The molecule has 1 atom stereocenters. The van der Waals surface area contributed by atoms with Crippen LogP contribution < -0.4 is 10.2 Å². The largest absolute Gasteiger partial charge is 0.478 e. The van der Waals surface area contributed by atoms with Gasteiger partial charge in [0.15, 0.2) is 5.54 Å². The van der Waals surface area contributed by atoms with E-state index in [9.17, 15) is 19.5 Å². The Bertz CT molecular complexity index is 954. The van der Waals surface area contributed by atoms with E-state index in [4.69, 9.17) is 4.74 Å². The molecule has 0 saturated carbocycles. The lowest BCUT2D eigenvalue weighted by molar-refractivity contribution is -0.147. The number of carboxylic acid groups (broad SMARTS) is 1. The summed E-state index contributed by atoms with van der Waals surface area (Å²) in [5, 5.41) is 12.2. The Kier molecular flexibility index (Phi) is 5.17. The Hall–Kier alpha value is -3.61. The van der Waals surface area contributed by atoms with Crippen LogP contribution >= 0.6 is 0 Å². The fraction of sp³-hybridized carbons (Fsp3) is 0.190. The highest BCUT2D eigenvalue weighted by atomic mass is 16.5. The molecule has 0 aliphatic carbocycles. The number of amides is 1. The zero-order valence-electron chi connectivity index (χ0n) is 15.5. The molecule has 2 aromatic carbocycles. The topological polar surface area (TPSA) is 95.9 Å². The van der Waals surface area contributed by atoms with Crippen LogP contribution in [-0.2, 0) is 14.3 Å². The summed E-state index contributed by atoms with van der Waals surface area (Å²) in [6, 6.07) is 15.0. The Balaban J connectivity index is 2.04. The van der Waals surface area contributed by atoms with Gasteiger partial charge in [-0.3, -0.25) is 9.69 Å². The second-order valence-corrected chi connectivity index (χ2v) is 6.38. The molecule has 0 saturated heterocycles. The first kappa shape index (κ1) is 19.2. The van der Waals surface area contributed by atoms with E-state index >= 15 is 0 Å². The number of carbonyl (C=O) groups is 3. The van der Waals surface area contributed by atoms with Crippen molar-refractivity contribution in [2.45, 2.75) is 19.4 Å². The van der Waals surface area contributed by atoms with Gasteiger partial charge in [-0.15, -0.1) is 0 Å². The van der Waals surface area contributed by atoms with Gasteiger partial charge in [0.25, 0.3) is 5.91 Å². The maximum atomic E-state index is 13.2. The number of anilines is 2. The van der Waals surface area contributed by atoms with Gasteiger partial charge in [0.1, 0.15) is 5.70 Å². The van der Waals surface area contributed by atoms with Crippen molar-refractivity contribution in [2.24, 2.45) is 0 Å². The third kappa shape index (κ3) is 3.34. The molecule has 1 heterocycles. The van der Waals surface area contributed by atoms with Crippen molar-refractivity contribution >= 4 is 29.2 Å². The second-order valence-electron chi connectivity index (χ2n) is 6.38. The van der Waals surface area contributed by atoms with Crippen molar-refractivity contribution in [1.29, 1.82) is 0 Å². The molecule has 7 nitrogen and oxygen atoms in total. The van der Waals surface area contributed by atoms with Gasteiger partial charge < -0.3 is 15.2 Å². The molecule has 2 N–H and O–H groups in total. The van der Waals surface area contributed by atoms with Crippen LogP contribution in [-0.4, -0.2) is 35.1 Å². The van der Waals surface area contributed by atoms with Crippen molar-refractivity contribution < 1.29 is 24.2 Å².